The minimum absolute atomic E-state index is 0.285. The Morgan fingerprint density at radius 2 is 1.43 bits per heavy atom. The van der Waals surface area contributed by atoms with E-state index < -0.39 is 12.0 Å². The summed E-state index contributed by atoms with van der Waals surface area (Å²) < 4.78 is 50.0. The summed E-state index contributed by atoms with van der Waals surface area (Å²) in [5, 5.41) is 0. The van der Waals surface area contributed by atoms with Gasteiger partial charge in [-0.05, 0) is 80.1 Å². The summed E-state index contributed by atoms with van der Waals surface area (Å²) in [4.78, 5) is 0. The van der Waals surface area contributed by atoms with Gasteiger partial charge in [-0.1, -0.05) is 54.1 Å². The minimum atomic E-state index is -4.85. The van der Waals surface area contributed by atoms with Crippen LogP contribution in [0.3, 0.4) is 0 Å². The lowest BCUT2D eigenvalue weighted by Crippen LogP contribution is -2.16. The van der Waals surface area contributed by atoms with Gasteiger partial charge in [0.05, 0.1) is 0 Å². The summed E-state index contributed by atoms with van der Waals surface area (Å²) in [6, 6.07) is 17.1. The van der Waals surface area contributed by atoms with Crippen molar-refractivity contribution in [3.8, 4) is 11.1 Å². The summed E-state index contributed by atoms with van der Waals surface area (Å²) in [6.45, 7) is 2.07. The van der Waals surface area contributed by atoms with E-state index in [0.29, 0.717) is 18.8 Å². The smallest absolute Gasteiger partial charge is 0.202 e. The highest BCUT2D eigenvalue weighted by Crippen LogP contribution is 2.35. The number of rotatable bonds is 5. The monoisotopic (exact) mass is 390 g/mol. The molecule has 0 aliphatic heterocycles. The second-order valence-electron chi connectivity index (χ2n) is 7.89. The normalized spacial score (nSPS) is 21.0. The molecule has 28 heavy (non-hydrogen) atoms. The third kappa shape index (κ3) is 5.70. The maximum absolute atomic E-state index is 13.1. The molecule has 0 spiro atoms. The Labute approximate surface area is 164 Å². The molecule has 1 saturated carbocycles. The molecule has 1 aliphatic carbocycles. The molecule has 3 rings (SSSR count). The predicted molar refractivity (Wildman–Crippen MR) is 106 cm³/mol. The van der Waals surface area contributed by atoms with E-state index in [2.05, 4.69) is 55.5 Å². The van der Waals surface area contributed by atoms with Gasteiger partial charge >= 0.3 is 6.18 Å². The summed E-state index contributed by atoms with van der Waals surface area (Å²) in [6.07, 6.45) is 0.947. The molecule has 1 fully saturated rings. The first kappa shape index (κ1) is 20.6. The van der Waals surface area contributed by atoms with E-state index in [1.165, 1.54) is 22.3 Å². The van der Waals surface area contributed by atoms with Gasteiger partial charge in [0.1, 0.15) is 0 Å². The molecule has 1 aliphatic rings. The number of halogens is 4. The number of benzene rings is 2. The molecule has 0 heterocycles. The van der Waals surface area contributed by atoms with E-state index in [0.717, 1.165) is 31.8 Å². The molecular formula is C24H26F4. The van der Waals surface area contributed by atoms with Gasteiger partial charge in [0.15, 0.2) is 5.83 Å². The van der Waals surface area contributed by atoms with Crippen molar-refractivity contribution < 1.29 is 17.6 Å². The van der Waals surface area contributed by atoms with E-state index in [1.807, 2.05) is 0 Å². The van der Waals surface area contributed by atoms with Crippen LogP contribution in [-0.2, 0) is 6.42 Å². The third-order valence-electron chi connectivity index (χ3n) is 5.72. The Morgan fingerprint density at radius 1 is 0.893 bits per heavy atom. The van der Waals surface area contributed by atoms with Crippen LogP contribution < -0.4 is 0 Å². The summed E-state index contributed by atoms with van der Waals surface area (Å²) >= 11 is 0. The first-order chi connectivity index (χ1) is 13.3. The van der Waals surface area contributed by atoms with Crippen LogP contribution in [0.4, 0.5) is 17.6 Å². The van der Waals surface area contributed by atoms with Crippen LogP contribution in [0.15, 0.2) is 60.4 Å². The van der Waals surface area contributed by atoms with Crippen LogP contribution in [0.1, 0.15) is 43.2 Å². The highest BCUT2D eigenvalue weighted by atomic mass is 19.4. The van der Waals surface area contributed by atoms with Crippen LogP contribution >= 0.6 is 0 Å². The third-order valence-corrected chi connectivity index (χ3v) is 5.72. The van der Waals surface area contributed by atoms with Crippen molar-refractivity contribution in [2.24, 2.45) is 11.8 Å². The van der Waals surface area contributed by atoms with Gasteiger partial charge in [-0.25, -0.2) is 4.39 Å². The molecular weight excluding hydrogens is 364 g/mol. The summed E-state index contributed by atoms with van der Waals surface area (Å²) in [7, 11) is 0. The molecule has 0 N–H and O–H groups in total. The average Bonchev–Trinajstić information content (AvgIpc) is 2.68. The molecule has 0 saturated heterocycles. The van der Waals surface area contributed by atoms with Crippen LogP contribution in [-0.4, -0.2) is 6.18 Å². The summed E-state index contributed by atoms with van der Waals surface area (Å²) in [5.74, 6) is -1.72. The van der Waals surface area contributed by atoms with Gasteiger partial charge in [-0.15, -0.1) is 0 Å². The molecule has 0 unspecified atom stereocenters. The molecule has 0 aromatic heterocycles. The van der Waals surface area contributed by atoms with Crippen LogP contribution in [0.5, 0.6) is 0 Å². The fraction of sp³-hybridized carbons (Fsp3) is 0.417. The van der Waals surface area contributed by atoms with Crippen molar-refractivity contribution in [2.45, 2.75) is 51.6 Å². The SMILES string of the molecule is Cc1ccc(-c2ccc(CCC3CCC(C=C(F)C(F)(F)F)CC3)cc2)cc1. The van der Waals surface area contributed by atoms with Gasteiger partial charge in [-0.3, -0.25) is 0 Å². The van der Waals surface area contributed by atoms with Crippen LogP contribution in [0.25, 0.3) is 11.1 Å². The zero-order chi connectivity index (χ0) is 20.1. The minimum Gasteiger partial charge on any atom is -0.202 e. The van der Waals surface area contributed by atoms with E-state index in [1.54, 1.807) is 0 Å². The average molecular weight is 390 g/mol. The maximum atomic E-state index is 13.1. The lowest BCUT2D eigenvalue weighted by atomic mass is 9.79. The Balaban J connectivity index is 1.47. The number of alkyl halides is 3. The van der Waals surface area contributed by atoms with Crippen molar-refractivity contribution in [2.75, 3.05) is 0 Å². The number of hydrogen-bond donors (Lipinski definition) is 0. The van der Waals surface area contributed by atoms with Crippen molar-refractivity contribution in [1.82, 2.24) is 0 Å². The highest BCUT2D eigenvalue weighted by Gasteiger charge is 2.35. The first-order valence-corrected chi connectivity index (χ1v) is 9.92. The molecule has 2 aromatic rings. The lowest BCUT2D eigenvalue weighted by molar-refractivity contribution is -0.109. The maximum Gasteiger partial charge on any atom is 0.442 e. The van der Waals surface area contributed by atoms with Crippen molar-refractivity contribution in [1.29, 1.82) is 0 Å². The topological polar surface area (TPSA) is 0 Å². The number of aryl methyl sites for hydroxylation is 2. The molecule has 0 atom stereocenters. The largest absolute Gasteiger partial charge is 0.442 e. The van der Waals surface area contributed by atoms with Gasteiger partial charge < -0.3 is 0 Å². The Morgan fingerprint density at radius 3 is 1.96 bits per heavy atom. The second-order valence-corrected chi connectivity index (χ2v) is 7.89. The van der Waals surface area contributed by atoms with Gasteiger partial charge in [0.25, 0.3) is 0 Å². The van der Waals surface area contributed by atoms with Gasteiger partial charge in [0.2, 0.25) is 0 Å². The van der Waals surface area contributed by atoms with Crippen LogP contribution in [0, 0.1) is 18.8 Å². The van der Waals surface area contributed by atoms with E-state index in [9.17, 15) is 17.6 Å². The zero-order valence-corrected chi connectivity index (χ0v) is 16.1. The van der Waals surface area contributed by atoms with E-state index in [-0.39, 0.29) is 5.92 Å². The number of hydrogen-bond acceptors (Lipinski definition) is 0. The molecule has 0 nitrogen and oxygen atoms in total. The molecule has 2 aromatic carbocycles. The van der Waals surface area contributed by atoms with E-state index in [4.69, 9.17) is 0 Å². The lowest BCUT2D eigenvalue weighted by Gasteiger charge is -2.27. The van der Waals surface area contributed by atoms with E-state index >= 15 is 0 Å². The van der Waals surface area contributed by atoms with Gasteiger partial charge in [0, 0.05) is 0 Å². The summed E-state index contributed by atoms with van der Waals surface area (Å²) in [5.41, 5.74) is 4.92. The standard InChI is InChI=1S/C24H26F4/c1-17-2-12-21(13-3-17)22-14-10-19(11-15-22)5-4-18-6-8-20(9-7-18)16-23(25)24(26,27)28/h2-3,10-16,18,20H,4-9H2,1H3. The molecule has 0 amide bonds. The number of allylic oxidation sites excluding steroid dienone is 2. The first-order valence-electron chi connectivity index (χ1n) is 9.92. The second kappa shape index (κ2) is 8.93. The predicted octanol–water partition coefficient (Wildman–Crippen LogP) is 7.82. The van der Waals surface area contributed by atoms with Gasteiger partial charge in [-0.2, -0.15) is 13.2 Å². The van der Waals surface area contributed by atoms with Crippen molar-refractivity contribution in [3.05, 3.63) is 71.6 Å². The Kier molecular flexibility index (Phi) is 6.58. The van der Waals surface area contributed by atoms with Crippen LogP contribution in [0.2, 0.25) is 0 Å². The molecule has 150 valence electrons. The molecule has 0 bridgehead atoms. The van der Waals surface area contributed by atoms with Crippen molar-refractivity contribution >= 4 is 0 Å². The van der Waals surface area contributed by atoms with Crippen molar-refractivity contribution in [3.63, 3.8) is 0 Å². The molecule has 4 heteroatoms. The molecule has 0 radical (unpaired) electrons. The Bertz CT molecular complexity index is 777. The highest BCUT2D eigenvalue weighted by molar-refractivity contribution is 5.63. The fourth-order valence-corrected chi connectivity index (χ4v) is 3.93. The fourth-order valence-electron chi connectivity index (χ4n) is 3.93. The quantitative estimate of drug-likeness (QED) is 0.457. The zero-order valence-electron chi connectivity index (χ0n) is 16.1. The Hall–Kier alpha value is -2.10.